The standard InChI is InChI=1S/C17H16BrNO3/c1-21-14-8-9-15(16(11-14)22-2)19-17(20)10-5-12-3-6-13(18)7-4-12/h3-11H,1-2H3,(H,19,20)/b10-5-. The molecule has 0 atom stereocenters. The lowest BCUT2D eigenvalue weighted by molar-refractivity contribution is -0.111. The first kappa shape index (κ1) is 16.1. The van der Waals surface area contributed by atoms with E-state index >= 15 is 0 Å². The van der Waals surface area contributed by atoms with Gasteiger partial charge in [-0.1, -0.05) is 28.1 Å². The molecule has 0 spiro atoms. The summed E-state index contributed by atoms with van der Waals surface area (Å²) in [6.45, 7) is 0. The van der Waals surface area contributed by atoms with Gasteiger partial charge >= 0.3 is 0 Å². The van der Waals surface area contributed by atoms with Crippen LogP contribution in [-0.4, -0.2) is 20.1 Å². The third kappa shape index (κ3) is 4.36. The van der Waals surface area contributed by atoms with Gasteiger partial charge in [0.25, 0.3) is 0 Å². The van der Waals surface area contributed by atoms with E-state index in [-0.39, 0.29) is 5.91 Å². The van der Waals surface area contributed by atoms with E-state index in [0.717, 1.165) is 10.0 Å². The van der Waals surface area contributed by atoms with E-state index in [2.05, 4.69) is 21.2 Å². The van der Waals surface area contributed by atoms with Crippen molar-refractivity contribution < 1.29 is 14.3 Å². The molecule has 0 saturated heterocycles. The maximum atomic E-state index is 12.0. The molecule has 0 fully saturated rings. The van der Waals surface area contributed by atoms with E-state index < -0.39 is 0 Å². The van der Waals surface area contributed by atoms with E-state index in [1.165, 1.54) is 6.08 Å². The Bertz CT molecular complexity index is 681. The molecule has 0 aliphatic heterocycles. The fourth-order valence-electron chi connectivity index (χ4n) is 1.82. The summed E-state index contributed by atoms with van der Waals surface area (Å²) in [5.41, 5.74) is 1.54. The molecule has 0 bridgehead atoms. The molecule has 4 nitrogen and oxygen atoms in total. The van der Waals surface area contributed by atoms with Gasteiger partial charge < -0.3 is 14.8 Å². The van der Waals surface area contributed by atoms with Gasteiger partial charge in [-0.25, -0.2) is 0 Å². The van der Waals surface area contributed by atoms with Crippen LogP contribution in [0.15, 0.2) is 53.0 Å². The number of carbonyl (C=O) groups excluding carboxylic acids is 1. The van der Waals surface area contributed by atoms with Crippen LogP contribution in [0.1, 0.15) is 5.56 Å². The van der Waals surface area contributed by atoms with Gasteiger partial charge in [-0.15, -0.1) is 0 Å². The van der Waals surface area contributed by atoms with Gasteiger partial charge in [0.05, 0.1) is 19.9 Å². The lowest BCUT2D eigenvalue weighted by Crippen LogP contribution is -2.08. The van der Waals surface area contributed by atoms with E-state index in [1.807, 2.05) is 24.3 Å². The predicted octanol–water partition coefficient (Wildman–Crippen LogP) is 4.12. The van der Waals surface area contributed by atoms with Crippen LogP contribution in [0.3, 0.4) is 0 Å². The van der Waals surface area contributed by atoms with Crippen LogP contribution in [0.5, 0.6) is 11.5 Å². The number of amides is 1. The monoisotopic (exact) mass is 361 g/mol. The van der Waals surface area contributed by atoms with Crippen LogP contribution < -0.4 is 14.8 Å². The van der Waals surface area contributed by atoms with Crippen LogP contribution in [-0.2, 0) is 4.79 Å². The molecule has 1 amide bonds. The summed E-state index contributed by atoms with van der Waals surface area (Å²) in [4.78, 5) is 12.0. The molecule has 2 aromatic rings. The summed E-state index contributed by atoms with van der Waals surface area (Å²) in [7, 11) is 3.12. The van der Waals surface area contributed by atoms with E-state index in [4.69, 9.17) is 9.47 Å². The minimum Gasteiger partial charge on any atom is -0.497 e. The maximum absolute atomic E-state index is 12.0. The second-order valence-corrected chi connectivity index (χ2v) is 5.36. The van der Waals surface area contributed by atoms with Crippen molar-refractivity contribution in [2.75, 3.05) is 19.5 Å². The highest BCUT2D eigenvalue weighted by atomic mass is 79.9. The van der Waals surface area contributed by atoms with Gasteiger partial charge in [0.1, 0.15) is 11.5 Å². The van der Waals surface area contributed by atoms with Crippen molar-refractivity contribution in [3.8, 4) is 11.5 Å². The zero-order valence-corrected chi connectivity index (χ0v) is 13.9. The lowest BCUT2D eigenvalue weighted by atomic mass is 10.2. The number of anilines is 1. The second kappa shape index (κ2) is 7.66. The van der Waals surface area contributed by atoms with Crippen molar-refractivity contribution in [1.29, 1.82) is 0 Å². The molecule has 0 unspecified atom stereocenters. The summed E-state index contributed by atoms with van der Waals surface area (Å²) < 4.78 is 11.4. The average molecular weight is 362 g/mol. The Kier molecular flexibility index (Phi) is 5.61. The van der Waals surface area contributed by atoms with Crippen LogP contribution in [0.4, 0.5) is 5.69 Å². The van der Waals surface area contributed by atoms with E-state index in [9.17, 15) is 4.79 Å². The minimum absolute atomic E-state index is 0.230. The summed E-state index contributed by atoms with van der Waals surface area (Å²) >= 11 is 3.37. The Morgan fingerprint density at radius 2 is 1.82 bits per heavy atom. The lowest BCUT2D eigenvalue weighted by Gasteiger charge is -2.10. The fraction of sp³-hybridized carbons (Fsp3) is 0.118. The predicted molar refractivity (Wildman–Crippen MR) is 91.4 cm³/mol. The third-order valence-electron chi connectivity index (χ3n) is 2.96. The summed E-state index contributed by atoms with van der Waals surface area (Å²) in [5, 5.41) is 2.78. The quantitative estimate of drug-likeness (QED) is 0.814. The van der Waals surface area contributed by atoms with E-state index in [1.54, 1.807) is 38.5 Å². The molecule has 1 N–H and O–H groups in total. The highest BCUT2D eigenvalue weighted by molar-refractivity contribution is 9.10. The molecule has 2 aromatic carbocycles. The maximum Gasteiger partial charge on any atom is 0.248 e. The molecule has 0 aliphatic carbocycles. The van der Waals surface area contributed by atoms with Crippen molar-refractivity contribution in [3.63, 3.8) is 0 Å². The topological polar surface area (TPSA) is 47.6 Å². The van der Waals surface area contributed by atoms with Gasteiger partial charge in [-0.2, -0.15) is 0 Å². The molecule has 114 valence electrons. The van der Waals surface area contributed by atoms with Crippen molar-refractivity contribution in [3.05, 3.63) is 58.6 Å². The third-order valence-corrected chi connectivity index (χ3v) is 3.49. The van der Waals surface area contributed by atoms with Crippen molar-refractivity contribution >= 4 is 33.6 Å². The fourth-order valence-corrected chi connectivity index (χ4v) is 2.09. The number of rotatable bonds is 5. The number of carbonyl (C=O) groups is 1. The molecule has 5 heteroatoms. The van der Waals surface area contributed by atoms with Gasteiger partial charge in [0.2, 0.25) is 5.91 Å². The van der Waals surface area contributed by atoms with Crippen LogP contribution >= 0.6 is 15.9 Å². The zero-order valence-electron chi connectivity index (χ0n) is 12.3. The highest BCUT2D eigenvalue weighted by Crippen LogP contribution is 2.28. The average Bonchev–Trinajstić information content (AvgIpc) is 2.54. The largest absolute Gasteiger partial charge is 0.497 e. The van der Waals surface area contributed by atoms with E-state index in [0.29, 0.717) is 17.2 Å². The second-order valence-electron chi connectivity index (χ2n) is 4.44. The summed E-state index contributed by atoms with van der Waals surface area (Å²) in [6.07, 6.45) is 3.23. The molecule has 0 radical (unpaired) electrons. The first-order valence-electron chi connectivity index (χ1n) is 6.59. The van der Waals surface area contributed by atoms with Crippen LogP contribution in [0, 0.1) is 0 Å². The Balaban J connectivity index is 2.07. The summed E-state index contributed by atoms with van der Waals surface area (Å²) in [6, 6.07) is 12.9. The molecule has 2 rings (SSSR count). The van der Waals surface area contributed by atoms with Gasteiger partial charge in [-0.3, -0.25) is 4.79 Å². The van der Waals surface area contributed by atoms with Gasteiger partial charge in [0.15, 0.2) is 0 Å². The minimum atomic E-state index is -0.230. The normalized spacial score (nSPS) is 10.5. The first-order valence-corrected chi connectivity index (χ1v) is 7.38. The molecule has 0 saturated carbocycles. The van der Waals surface area contributed by atoms with Crippen molar-refractivity contribution in [2.45, 2.75) is 0 Å². The number of ether oxygens (including phenoxy) is 2. The Morgan fingerprint density at radius 1 is 1.09 bits per heavy atom. The zero-order chi connectivity index (χ0) is 15.9. The Hall–Kier alpha value is -2.27. The molecule has 0 aliphatic rings. The van der Waals surface area contributed by atoms with Crippen molar-refractivity contribution in [2.24, 2.45) is 0 Å². The van der Waals surface area contributed by atoms with Crippen molar-refractivity contribution in [1.82, 2.24) is 0 Å². The van der Waals surface area contributed by atoms with Crippen LogP contribution in [0.2, 0.25) is 0 Å². The van der Waals surface area contributed by atoms with Gasteiger partial charge in [0, 0.05) is 16.6 Å². The number of hydrogen-bond acceptors (Lipinski definition) is 3. The number of halogens is 1. The molecule has 22 heavy (non-hydrogen) atoms. The highest BCUT2D eigenvalue weighted by Gasteiger charge is 2.06. The summed E-state index contributed by atoms with van der Waals surface area (Å²) in [5.74, 6) is 0.983. The molecular weight excluding hydrogens is 346 g/mol. The molecular formula is C17H16BrNO3. The number of methoxy groups -OCH3 is 2. The Labute approximate surface area is 137 Å². The smallest absolute Gasteiger partial charge is 0.248 e. The first-order chi connectivity index (χ1) is 10.6. The Morgan fingerprint density at radius 3 is 2.45 bits per heavy atom. The molecule has 0 heterocycles. The number of nitrogens with one attached hydrogen (secondary N) is 1. The molecule has 0 aromatic heterocycles. The number of benzene rings is 2. The van der Waals surface area contributed by atoms with Gasteiger partial charge in [-0.05, 0) is 35.9 Å². The van der Waals surface area contributed by atoms with Crippen LogP contribution in [0.25, 0.3) is 6.08 Å². The number of hydrogen-bond donors (Lipinski definition) is 1. The SMILES string of the molecule is COc1ccc(NC(=O)/C=C\c2ccc(Br)cc2)c(OC)c1.